The summed E-state index contributed by atoms with van der Waals surface area (Å²) in [6, 6.07) is 7.59. The van der Waals surface area contributed by atoms with Crippen LogP contribution in [0.2, 0.25) is 5.02 Å². The van der Waals surface area contributed by atoms with Crippen molar-refractivity contribution in [1.82, 2.24) is 4.90 Å². The molecule has 2 atom stereocenters. The molecule has 0 N–H and O–H groups in total. The van der Waals surface area contributed by atoms with E-state index in [0.29, 0.717) is 6.04 Å². The zero-order valence-corrected chi connectivity index (χ0v) is 12.8. The van der Waals surface area contributed by atoms with E-state index < -0.39 is 0 Å². The van der Waals surface area contributed by atoms with Gasteiger partial charge < -0.3 is 0 Å². The molecule has 2 unspecified atom stereocenters. The lowest BCUT2D eigenvalue weighted by Crippen LogP contribution is -2.33. The summed E-state index contributed by atoms with van der Waals surface area (Å²) < 4.78 is 1.05. The Morgan fingerprint density at radius 3 is 2.82 bits per heavy atom. The van der Waals surface area contributed by atoms with E-state index in [-0.39, 0.29) is 0 Å². The third kappa shape index (κ3) is 3.04. The van der Waals surface area contributed by atoms with E-state index in [4.69, 9.17) is 11.6 Å². The molecule has 1 fully saturated rings. The fourth-order valence-electron chi connectivity index (χ4n) is 2.70. The molecule has 1 aliphatic rings. The average molecular weight is 317 g/mol. The molecule has 0 aromatic heterocycles. The number of hydrogen-bond donors (Lipinski definition) is 0. The van der Waals surface area contributed by atoms with Gasteiger partial charge in [0.15, 0.2) is 0 Å². The van der Waals surface area contributed by atoms with E-state index in [1.807, 2.05) is 6.07 Å². The molecular formula is C14H19BrClN. The summed E-state index contributed by atoms with van der Waals surface area (Å²) in [5, 5.41) is 0.869. The van der Waals surface area contributed by atoms with Crippen molar-refractivity contribution in [2.75, 3.05) is 0 Å². The van der Waals surface area contributed by atoms with Crippen LogP contribution in [0.25, 0.3) is 0 Å². The van der Waals surface area contributed by atoms with Crippen LogP contribution in [-0.4, -0.2) is 17.0 Å². The Morgan fingerprint density at radius 1 is 1.41 bits per heavy atom. The second kappa shape index (κ2) is 5.73. The van der Waals surface area contributed by atoms with Crippen LogP contribution >= 0.6 is 27.5 Å². The molecule has 1 saturated heterocycles. The lowest BCUT2D eigenvalue weighted by molar-refractivity contribution is 0.189. The summed E-state index contributed by atoms with van der Waals surface area (Å²) in [4.78, 5) is 2.59. The largest absolute Gasteiger partial charge is 0.293 e. The highest BCUT2D eigenvalue weighted by atomic mass is 79.9. The van der Waals surface area contributed by atoms with Gasteiger partial charge in [-0.25, -0.2) is 0 Å². The Morgan fingerprint density at radius 2 is 2.18 bits per heavy atom. The smallest absolute Gasteiger partial charge is 0.0462 e. The summed E-state index contributed by atoms with van der Waals surface area (Å²) in [5.74, 6) is 0. The molecule has 0 aliphatic carbocycles. The molecular weight excluding hydrogens is 298 g/mol. The van der Waals surface area contributed by atoms with Gasteiger partial charge in [-0.05, 0) is 43.9 Å². The van der Waals surface area contributed by atoms with Crippen molar-refractivity contribution in [3.8, 4) is 0 Å². The first-order valence-corrected chi connectivity index (χ1v) is 7.48. The standard InChI is InChI=1S/C14H19BrClN/c1-3-13-7-4-10(2)17(13)9-11-5-6-12(15)8-14(11)16/h5-6,8,10,13H,3-4,7,9H2,1-2H3. The van der Waals surface area contributed by atoms with Crippen LogP contribution in [-0.2, 0) is 6.54 Å². The van der Waals surface area contributed by atoms with Gasteiger partial charge in [-0.15, -0.1) is 0 Å². The fraction of sp³-hybridized carbons (Fsp3) is 0.571. The Bertz CT molecular complexity index is 394. The Balaban J connectivity index is 2.14. The number of likely N-dealkylation sites (tertiary alicyclic amines) is 1. The fourth-order valence-corrected chi connectivity index (χ4v) is 3.43. The van der Waals surface area contributed by atoms with Gasteiger partial charge in [0.05, 0.1) is 0 Å². The monoisotopic (exact) mass is 315 g/mol. The van der Waals surface area contributed by atoms with Crippen LogP contribution in [0.5, 0.6) is 0 Å². The number of benzene rings is 1. The van der Waals surface area contributed by atoms with Crippen molar-refractivity contribution in [3.05, 3.63) is 33.3 Å². The van der Waals surface area contributed by atoms with E-state index in [9.17, 15) is 0 Å². The van der Waals surface area contributed by atoms with Crippen LogP contribution in [0.4, 0.5) is 0 Å². The van der Waals surface area contributed by atoms with Gasteiger partial charge in [-0.1, -0.05) is 40.5 Å². The minimum atomic E-state index is 0.680. The van der Waals surface area contributed by atoms with Crippen LogP contribution < -0.4 is 0 Å². The molecule has 1 heterocycles. The Labute approximate surface area is 117 Å². The maximum Gasteiger partial charge on any atom is 0.0462 e. The van der Waals surface area contributed by atoms with Gasteiger partial charge in [0.25, 0.3) is 0 Å². The minimum absolute atomic E-state index is 0.680. The lowest BCUT2D eigenvalue weighted by Gasteiger charge is -2.28. The molecule has 1 aliphatic heterocycles. The van der Waals surface area contributed by atoms with Crippen molar-refractivity contribution < 1.29 is 0 Å². The SMILES string of the molecule is CCC1CCC(C)N1Cc1ccc(Br)cc1Cl. The van der Waals surface area contributed by atoms with Crippen LogP contribution in [0, 0.1) is 0 Å². The average Bonchev–Trinajstić information content (AvgIpc) is 2.64. The molecule has 0 bridgehead atoms. The second-order valence-electron chi connectivity index (χ2n) is 4.90. The van der Waals surface area contributed by atoms with Crippen LogP contribution in [0.1, 0.15) is 38.7 Å². The highest BCUT2D eigenvalue weighted by Gasteiger charge is 2.29. The van der Waals surface area contributed by atoms with Gasteiger partial charge in [0.1, 0.15) is 0 Å². The third-order valence-corrected chi connectivity index (χ3v) is 4.64. The Hall–Kier alpha value is -0.0500. The van der Waals surface area contributed by atoms with Crippen molar-refractivity contribution in [2.24, 2.45) is 0 Å². The molecule has 2 rings (SSSR count). The van der Waals surface area contributed by atoms with E-state index in [1.54, 1.807) is 0 Å². The quantitative estimate of drug-likeness (QED) is 0.769. The van der Waals surface area contributed by atoms with Crippen molar-refractivity contribution in [1.29, 1.82) is 0 Å². The maximum absolute atomic E-state index is 6.29. The third-order valence-electron chi connectivity index (χ3n) is 3.79. The summed E-state index contributed by atoms with van der Waals surface area (Å²) in [6.07, 6.45) is 3.87. The highest BCUT2D eigenvalue weighted by Crippen LogP contribution is 2.30. The zero-order chi connectivity index (χ0) is 12.4. The molecule has 0 amide bonds. The van der Waals surface area contributed by atoms with Crippen molar-refractivity contribution in [2.45, 2.75) is 51.7 Å². The number of nitrogens with zero attached hydrogens (tertiary/aromatic N) is 1. The van der Waals surface area contributed by atoms with Crippen molar-refractivity contribution >= 4 is 27.5 Å². The zero-order valence-electron chi connectivity index (χ0n) is 10.4. The summed E-state index contributed by atoms with van der Waals surface area (Å²) in [7, 11) is 0. The summed E-state index contributed by atoms with van der Waals surface area (Å²) >= 11 is 9.74. The van der Waals surface area contributed by atoms with Crippen LogP contribution in [0.15, 0.2) is 22.7 Å². The van der Waals surface area contributed by atoms with Gasteiger partial charge in [-0.2, -0.15) is 0 Å². The second-order valence-corrected chi connectivity index (χ2v) is 6.22. The molecule has 1 aromatic carbocycles. The first-order valence-electron chi connectivity index (χ1n) is 6.31. The topological polar surface area (TPSA) is 3.24 Å². The normalized spacial score (nSPS) is 25.4. The molecule has 94 valence electrons. The first-order chi connectivity index (χ1) is 8.11. The molecule has 1 aromatic rings. The molecule has 17 heavy (non-hydrogen) atoms. The number of halogens is 2. The lowest BCUT2D eigenvalue weighted by atomic mass is 10.1. The highest BCUT2D eigenvalue weighted by molar-refractivity contribution is 9.10. The maximum atomic E-state index is 6.29. The minimum Gasteiger partial charge on any atom is -0.293 e. The van der Waals surface area contributed by atoms with Gasteiger partial charge in [0.2, 0.25) is 0 Å². The molecule has 0 radical (unpaired) electrons. The number of rotatable bonds is 3. The summed E-state index contributed by atoms with van der Waals surface area (Å²) in [5.41, 5.74) is 1.24. The van der Waals surface area contributed by atoms with E-state index >= 15 is 0 Å². The van der Waals surface area contributed by atoms with Crippen LogP contribution in [0.3, 0.4) is 0 Å². The molecule has 0 saturated carbocycles. The van der Waals surface area contributed by atoms with Gasteiger partial charge in [0, 0.05) is 28.1 Å². The molecule has 1 nitrogen and oxygen atoms in total. The molecule has 3 heteroatoms. The van der Waals surface area contributed by atoms with Gasteiger partial charge >= 0.3 is 0 Å². The van der Waals surface area contributed by atoms with Crippen molar-refractivity contribution in [3.63, 3.8) is 0 Å². The van der Waals surface area contributed by atoms with Gasteiger partial charge in [-0.3, -0.25) is 4.90 Å². The molecule has 0 spiro atoms. The summed E-state index contributed by atoms with van der Waals surface area (Å²) in [6.45, 7) is 5.58. The first kappa shape index (κ1) is 13.4. The van der Waals surface area contributed by atoms with E-state index in [2.05, 4.69) is 46.8 Å². The van der Waals surface area contributed by atoms with E-state index in [1.165, 1.54) is 24.8 Å². The predicted molar refractivity (Wildman–Crippen MR) is 77.5 cm³/mol. The number of hydrogen-bond acceptors (Lipinski definition) is 1. The Kier molecular flexibility index (Phi) is 4.51. The van der Waals surface area contributed by atoms with E-state index in [0.717, 1.165) is 22.1 Å². The predicted octanol–water partition coefficient (Wildman–Crippen LogP) is 4.87.